The topological polar surface area (TPSA) is 58.6 Å². The molecule has 3 rings (SSSR count). The second-order valence-corrected chi connectivity index (χ2v) is 7.13. The van der Waals surface area contributed by atoms with E-state index in [9.17, 15) is 4.79 Å². The maximum absolute atomic E-state index is 12.2. The highest BCUT2D eigenvalue weighted by Gasteiger charge is 2.22. The van der Waals surface area contributed by atoms with E-state index in [-0.39, 0.29) is 5.91 Å². The number of benzene rings is 1. The number of halogens is 1. The Morgan fingerprint density at radius 3 is 2.70 bits per heavy atom. The van der Waals surface area contributed by atoms with E-state index in [1.807, 2.05) is 36.1 Å². The van der Waals surface area contributed by atoms with Crippen molar-refractivity contribution >= 4 is 23.3 Å². The van der Waals surface area contributed by atoms with E-state index >= 15 is 0 Å². The number of anilines is 1. The molecule has 1 aliphatic rings. The summed E-state index contributed by atoms with van der Waals surface area (Å²) >= 11 is 6.20. The van der Waals surface area contributed by atoms with Crippen molar-refractivity contribution in [2.24, 2.45) is 0 Å². The van der Waals surface area contributed by atoms with Crippen molar-refractivity contribution in [1.82, 2.24) is 14.9 Å². The van der Waals surface area contributed by atoms with Gasteiger partial charge < -0.3 is 14.5 Å². The molecule has 1 aromatic heterocycles. The molecule has 1 aliphatic heterocycles. The second kappa shape index (κ2) is 9.04. The van der Waals surface area contributed by atoms with Crippen molar-refractivity contribution in [3.63, 3.8) is 0 Å². The zero-order valence-corrected chi connectivity index (χ0v) is 16.6. The van der Waals surface area contributed by atoms with Gasteiger partial charge in [0, 0.05) is 38.7 Å². The molecule has 6 nitrogen and oxygen atoms in total. The third kappa shape index (κ3) is 5.10. The molecule has 1 amide bonds. The summed E-state index contributed by atoms with van der Waals surface area (Å²) < 4.78 is 5.85. The van der Waals surface area contributed by atoms with Crippen molar-refractivity contribution in [3.8, 4) is 11.6 Å². The maximum Gasteiger partial charge on any atom is 0.224 e. The van der Waals surface area contributed by atoms with Crippen LogP contribution in [0.25, 0.3) is 0 Å². The molecule has 2 aromatic rings. The minimum atomic E-state index is 0.247. The second-order valence-electron chi connectivity index (χ2n) is 6.72. The minimum Gasteiger partial charge on any atom is -0.437 e. The Kier molecular flexibility index (Phi) is 6.50. The average Bonchev–Trinajstić information content (AvgIpc) is 2.69. The Hall–Kier alpha value is -2.34. The lowest BCUT2D eigenvalue weighted by molar-refractivity contribution is -0.131. The molecule has 0 N–H and O–H groups in total. The number of rotatable bonds is 6. The van der Waals surface area contributed by atoms with Crippen LogP contribution in [0.4, 0.5) is 5.82 Å². The number of aromatic nitrogens is 2. The number of hydrogen-bond donors (Lipinski definition) is 0. The number of carbonyl (C=O) groups excluding carboxylic acids is 1. The lowest BCUT2D eigenvalue weighted by atomic mass is 10.2. The molecule has 27 heavy (non-hydrogen) atoms. The highest BCUT2D eigenvalue weighted by molar-refractivity contribution is 6.32. The molecule has 7 heteroatoms. The number of piperazine rings is 1. The van der Waals surface area contributed by atoms with E-state index in [1.54, 1.807) is 0 Å². The zero-order valence-electron chi connectivity index (χ0n) is 15.8. The van der Waals surface area contributed by atoms with Crippen LogP contribution in [0.5, 0.6) is 11.6 Å². The fraction of sp³-hybridized carbons (Fsp3) is 0.450. The average molecular weight is 389 g/mol. The molecule has 0 saturated carbocycles. The van der Waals surface area contributed by atoms with Crippen molar-refractivity contribution in [2.45, 2.75) is 33.1 Å². The summed E-state index contributed by atoms with van der Waals surface area (Å²) in [4.78, 5) is 24.8. The van der Waals surface area contributed by atoms with E-state index in [4.69, 9.17) is 16.3 Å². The normalized spacial score (nSPS) is 14.3. The van der Waals surface area contributed by atoms with Gasteiger partial charge in [-0.3, -0.25) is 4.79 Å². The lowest BCUT2D eigenvalue weighted by Gasteiger charge is -2.35. The van der Waals surface area contributed by atoms with E-state index in [1.165, 1.54) is 6.33 Å². The van der Waals surface area contributed by atoms with Gasteiger partial charge in [0.1, 0.15) is 17.9 Å². The Morgan fingerprint density at radius 1 is 1.19 bits per heavy atom. The van der Waals surface area contributed by atoms with Gasteiger partial charge in [-0.25, -0.2) is 9.97 Å². The van der Waals surface area contributed by atoms with Gasteiger partial charge in [-0.05, 0) is 31.0 Å². The summed E-state index contributed by atoms with van der Waals surface area (Å²) in [6, 6.07) is 7.43. The van der Waals surface area contributed by atoms with Crippen LogP contribution in [0.2, 0.25) is 5.02 Å². The first-order chi connectivity index (χ1) is 13.1. The number of amides is 1. The van der Waals surface area contributed by atoms with Crippen LogP contribution in [0, 0.1) is 6.92 Å². The highest BCUT2D eigenvalue weighted by atomic mass is 35.5. The number of aryl methyl sites for hydroxylation is 1. The zero-order chi connectivity index (χ0) is 19.2. The number of hydrogen-bond acceptors (Lipinski definition) is 5. The standard InChI is InChI=1S/C20H25ClN4O2/c1-3-4-5-20(26)25-10-8-24(9-11-25)18-13-19(23-14-22-18)27-17-12-15(2)6-7-16(17)21/h6-7,12-14H,3-5,8-11H2,1-2H3. The summed E-state index contributed by atoms with van der Waals surface area (Å²) in [5, 5.41) is 0.542. The maximum atomic E-state index is 12.2. The van der Waals surface area contributed by atoms with E-state index in [0.717, 1.165) is 37.3 Å². The van der Waals surface area contributed by atoms with Gasteiger partial charge in [0.15, 0.2) is 0 Å². The van der Waals surface area contributed by atoms with Gasteiger partial charge in [-0.1, -0.05) is 31.0 Å². The van der Waals surface area contributed by atoms with Crippen LogP contribution in [0.1, 0.15) is 31.7 Å². The van der Waals surface area contributed by atoms with Crippen molar-refractivity contribution < 1.29 is 9.53 Å². The smallest absolute Gasteiger partial charge is 0.224 e. The Labute approximate surface area is 165 Å². The van der Waals surface area contributed by atoms with Crippen molar-refractivity contribution in [2.75, 3.05) is 31.1 Å². The summed E-state index contributed by atoms with van der Waals surface area (Å²) in [6.45, 7) is 7.01. The van der Waals surface area contributed by atoms with Gasteiger partial charge in [0.2, 0.25) is 11.8 Å². The molecular formula is C20H25ClN4O2. The number of unbranched alkanes of at least 4 members (excludes halogenated alkanes) is 1. The summed E-state index contributed by atoms with van der Waals surface area (Å²) in [7, 11) is 0. The molecule has 1 fully saturated rings. The Bertz CT molecular complexity index is 791. The summed E-state index contributed by atoms with van der Waals surface area (Å²) in [5.41, 5.74) is 1.06. The predicted molar refractivity (Wildman–Crippen MR) is 107 cm³/mol. The molecule has 1 aromatic carbocycles. The van der Waals surface area contributed by atoms with Crippen LogP contribution in [-0.4, -0.2) is 47.0 Å². The molecule has 0 atom stereocenters. The quantitative estimate of drug-likeness (QED) is 0.746. The first-order valence-electron chi connectivity index (χ1n) is 9.35. The minimum absolute atomic E-state index is 0.247. The monoisotopic (exact) mass is 388 g/mol. The van der Waals surface area contributed by atoms with Crippen LogP contribution in [-0.2, 0) is 4.79 Å². The molecule has 0 radical (unpaired) electrons. The molecule has 2 heterocycles. The van der Waals surface area contributed by atoms with Crippen molar-refractivity contribution in [3.05, 3.63) is 41.2 Å². The molecule has 144 valence electrons. The third-order valence-corrected chi connectivity index (χ3v) is 4.94. The summed E-state index contributed by atoms with van der Waals surface area (Å²) in [6.07, 6.45) is 4.12. The molecular weight excluding hydrogens is 364 g/mol. The number of nitrogens with zero attached hydrogens (tertiary/aromatic N) is 4. The Morgan fingerprint density at radius 2 is 1.96 bits per heavy atom. The third-order valence-electron chi connectivity index (χ3n) is 4.63. The fourth-order valence-electron chi connectivity index (χ4n) is 3.03. The fourth-order valence-corrected chi connectivity index (χ4v) is 3.19. The van der Waals surface area contributed by atoms with Crippen LogP contribution >= 0.6 is 11.6 Å². The molecule has 0 unspecified atom stereocenters. The van der Waals surface area contributed by atoms with Crippen LogP contribution in [0.15, 0.2) is 30.6 Å². The van der Waals surface area contributed by atoms with Gasteiger partial charge in [0.25, 0.3) is 0 Å². The molecule has 0 spiro atoms. The number of ether oxygens (including phenoxy) is 1. The lowest BCUT2D eigenvalue weighted by Crippen LogP contribution is -2.49. The van der Waals surface area contributed by atoms with E-state index in [2.05, 4.69) is 21.8 Å². The first-order valence-corrected chi connectivity index (χ1v) is 9.73. The first kappa shape index (κ1) is 19.4. The summed E-state index contributed by atoms with van der Waals surface area (Å²) in [5.74, 6) is 2.07. The molecule has 0 bridgehead atoms. The Balaban J connectivity index is 1.63. The van der Waals surface area contributed by atoms with E-state index < -0.39 is 0 Å². The van der Waals surface area contributed by atoms with E-state index in [0.29, 0.717) is 36.2 Å². The van der Waals surface area contributed by atoms with Gasteiger partial charge in [-0.15, -0.1) is 0 Å². The largest absolute Gasteiger partial charge is 0.437 e. The van der Waals surface area contributed by atoms with Crippen LogP contribution in [0.3, 0.4) is 0 Å². The van der Waals surface area contributed by atoms with Gasteiger partial charge in [-0.2, -0.15) is 0 Å². The highest BCUT2D eigenvalue weighted by Crippen LogP contribution is 2.30. The number of carbonyl (C=O) groups is 1. The molecule has 0 aliphatic carbocycles. The van der Waals surface area contributed by atoms with Crippen LogP contribution < -0.4 is 9.64 Å². The van der Waals surface area contributed by atoms with Gasteiger partial charge >= 0.3 is 0 Å². The SMILES string of the molecule is CCCCC(=O)N1CCN(c2cc(Oc3cc(C)ccc3Cl)ncn2)CC1. The molecule has 1 saturated heterocycles. The predicted octanol–water partition coefficient (Wildman–Crippen LogP) is 4.07. The van der Waals surface area contributed by atoms with Crippen molar-refractivity contribution in [1.29, 1.82) is 0 Å². The van der Waals surface area contributed by atoms with Gasteiger partial charge in [0.05, 0.1) is 5.02 Å².